The lowest BCUT2D eigenvalue weighted by Crippen LogP contribution is -2.27. The summed E-state index contributed by atoms with van der Waals surface area (Å²) in [5, 5.41) is 8.43. The molecule has 1 aliphatic heterocycles. The molecule has 25 heavy (non-hydrogen) atoms. The van der Waals surface area contributed by atoms with E-state index in [9.17, 15) is 4.79 Å². The Bertz CT molecular complexity index is 875. The van der Waals surface area contributed by atoms with Crippen LogP contribution in [0.25, 0.3) is 0 Å². The van der Waals surface area contributed by atoms with Crippen LogP contribution in [-0.2, 0) is 17.9 Å². The van der Waals surface area contributed by atoms with Crippen molar-refractivity contribution in [1.29, 1.82) is 0 Å². The number of hydrogen-bond donors (Lipinski definition) is 0. The number of hydrogen-bond acceptors (Lipinski definition) is 5. The van der Waals surface area contributed by atoms with Gasteiger partial charge in [0, 0.05) is 0 Å². The van der Waals surface area contributed by atoms with E-state index in [1.807, 2.05) is 35.1 Å². The SMILES string of the molecule is Cc1ccccc1Cn1cc([C@@H]2SCC(=O)N2Cc2ccco2)nn1. The van der Waals surface area contributed by atoms with Gasteiger partial charge in [-0.2, -0.15) is 0 Å². The summed E-state index contributed by atoms with van der Waals surface area (Å²) in [5.41, 5.74) is 3.24. The number of thioether (sulfide) groups is 1. The van der Waals surface area contributed by atoms with Gasteiger partial charge >= 0.3 is 0 Å². The number of rotatable bonds is 5. The summed E-state index contributed by atoms with van der Waals surface area (Å²) in [5.74, 6) is 1.32. The molecule has 1 atom stereocenters. The van der Waals surface area contributed by atoms with Crippen LogP contribution in [0, 0.1) is 6.92 Å². The van der Waals surface area contributed by atoms with Crippen molar-refractivity contribution in [3.8, 4) is 0 Å². The van der Waals surface area contributed by atoms with Gasteiger partial charge in [-0.15, -0.1) is 16.9 Å². The lowest BCUT2D eigenvalue weighted by atomic mass is 10.1. The van der Waals surface area contributed by atoms with E-state index in [1.165, 1.54) is 11.1 Å². The van der Waals surface area contributed by atoms with Crippen LogP contribution in [0.5, 0.6) is 0 Å². The number of amides is 1. The van der Waals surface area contributed by atoms with Crippen LogP contribution in [-0.4, -0.2) is 31.6 Å². The molecule has 3 heterocycles. The van der Waals surface area contributed by atoms with Crippen LogP contribution in [0.2, 0.25) is 0 Å². The van der Waals surface area contributed by atoms with E-state index in [2.05, 4.69) is 29.4 Å². The van der Waals surface area contributed by atoms with Gasteiger partial charge in [0.15, 0.2) is 0 Å². The molecule has 1 aromatic carbocycles. The van der Waals surface area contributed by atoms with Gasteiger partial charge in [0.2, 0.25) is 5.91 Å². The predicted octanol–water partition coefficient (Wildman–Crippen LogP) is 3.00. The fourth-order valence-electron chi connectivity index (χ4n) is 2.91. The normalized spacial score (nSPS) is 17.4. The Labute approximate surface area is 149 Å². The van der Waals surface area contributed by atoms with Gasteiger partial charge in [-0.1, -0.05) is 29.5 Å². The molecule has 6 nitrogen and oxygen atoms in total. The van der Waals surface area contributed by atoms with Crippen LogP contribution in [0.1, 0.15) is 28.0 Å². The van der Waals surface area contributed by atoms with Crippen molar-refractivity contribution in [2.45, 2.75) is 25.4 Å². The first-order valence-corrected chi connectivity index (χ1v) is 9.13. The van der Waals surface area contributed by atoms with Crippen LogP contribution in [0.3, 0.4) is 0 Å². The van der Waals surface area contributed by atoms with Gasteiger partial charge in [0.1, 0.15) is 16.8 Å². The zero-order valence-corrected chi connectivity index (χ0v) is 14.6. The Morgan fingerprint density at radius 2 is 2.12 bits per heavy atom. The van der Waals surface area contributed by atoms with E-state index in [-0.39, 0.29) is 11.3 Å². The Morgan fingerprint density at radius 1 is 1.24 bits per heavy atom. The molecular formula is C18H18N4O2S. The minimum Gasteiger partial charge on any atom is -0.467 e. The van der Waals surface area contributed by atoms with E-state index < -0.39 is 0 Å². The molecule has 0 unspecified atom stereocenters. The quantitative estimate of drug-likeness (QED) is 0.705. The number of nitrogens with zero attached hydrogens (tertiary/aromatic N) is 4. The third-order valence-electron chi connectivity index (χ3n) is 4.28. The number of aromatic nitrogens is 3. The molecule has 1 amide bonds. The van der Waals surface area contributed by atoms with Gasteiger partial charge in [-0.05, 0) is 30.2 Å². The second kappa shape index (κ2) is 6.76. The van der Waals surface area contributed by atoms with E-state index >= 15 is 0 Å². The molecule has 0 N–H and O–H groups in total. The zero-order chi connectivity index (χ0) is 17.2. The Hall–Kier alpha value is -2.54. The second-order valence-electron chi connectivity index (χ2n) is 6.03. The second-order valence-corrected chi connectivity index (χ2v) is 7.10. The van der Waals surface area contributed by atoms with Gasteiger partial charge in [-0.25, -0.2) is 4.68 Å². The minimum atomic E-state index is -0.122. The zero-order valence-electron chi connectivity index (χ0n) is 13.8. The first-order valence-electron chi connectivity index (χ1n) is 8.09. The maximum Gasteiger partial charge on any atom is 0.234 e. The van der Waals surface area contributed by atoms with Gasteiger partial charge in [0.25, 0.3) is 0 Å². The molecular weight excluding hydrogens is 336 g/mol. The third kappa shape index (κ3) is 3.32. The molecule has 3 aromatic rings. The summed E-state index contributed by atoms with van der Waals surface area (Å²) in [4.78, 5) is 14.0. The number of furan rings is 1. The van der Waals surface area contributed by atoms with E-state index in [0.717, 1.165) is 11.5 Å². The van der Waals surface area contributed by atoms with Crippen LogP contribution >= 0.6 is 11.8 Å². The molecule has 2 aromatic heterocycles. The molecule has 0 aliphatic carbocycles. The molecule has 4 rings (SSSR count). The average Bonchev–Trinajstić information content (AvgIpc) is 3.34. The van der Waals surface area contributed by atoms with E-state index in [4.69, 9.17) is 4.42 Å². The summed E-state index contributed by atoms with van der Waals surface area (Å²) in [6.07, 6.45) is 3.55. The smallest absolute Gasteiger partial charge is 0.234 e. The van der Waals surface area contributed by atoms with Crippen molar-refractivity contribution in [1.82, 2.24) is 19.9 Å². The van der Waals surface area contributed by atoms with Crippen molar-refractivity contribution in [3.05, 3.63) is 71.4 Å². The first kappa shape index (κ1) is 16.0. The molecule has 1 aliphatic rings. The maximum absolute atomic E-state index is 12.2. The van der Waals surface area contributed by atoms with Crippen LogP contribution in [0.4, 0.5) is 0 Å². The highest BCUT2D eigenvalue weighted by Crippen LogP contribution is 2.38. The molecule has 128 valence electrons. The molecule has 0 saturated carbocycles. The van der Waals surface area contributed by atoms with E-state index in [1.54, 1.807) is 22.9 Å². The van der Waals surface area contributed by atoms with Gasteiger partial charge < -0.3 is 9.32 Å². The fraction of sp³-hybridized carbons (Fsp3) is 0.278. The Balaban J connectivity index is 1.52. The van der Waals surface area contributed by atoms with Gasteiger partial charge in [-0.3, -0.25) is 4.79 Å². The highest BCUT2D eigenvalue weighted by molar-refractivity contribution is 8.00. The molecule has 1 saturated heterocycles. The standard InChI is InChI=1S/C18H18N4O2S/c1-13-5-2-3-6-14(13)9-21-11-16(19-20-21)18-22(17(23)12-25-18)10-15-7-4-8-24-15/h2-8,11,18H,9-10,12H2,1H3/t18-/m0/s1. The summed E-state index contributed by atoms with van der Waals surface area (Å²) < 4.78 is 7.21. The predicted molar refractivity (Wildman–Crippen MR) is 94.8 cm³/mol. The van der Waals surface area contributed by atoms with Crippen molar-refractivity contribution < 1.29 is 9.21 Å². The number of carbonyl (C=O) groups is 1. The number of aryl methyl sites for hydroxylation is 1. The summed E-state index contributed by atoms with van der Waals surface area (Å²) in [6.45, 7) is 3.21. The molecule has 7 heteroatoms. The van der Waals surface area contributed by atoms with E-state index in [0.29, 0.717) is 18.8 Å². The topological polar surface area (TPSA) is 64.2 Å². The fourth-order valence-corrected chi connectivity index (χ4v) is 4.02. The Morgan fingerprint density at radius 3 is 2.92 bits per heavy atom. The number of benzene rings is 1. The van der Waals surface area contributed by atoms with Crippen molar-refractivity contribution >= 4 is 17.7 Å². The largest absolute Gasteiger partial charge is 0.467 e. The summed E-state index contributed by atoms with van der Waals surface area (Å²) in [6, 6.07) is 11.9. The lowest BCUT2D eigenvalue weighted by molar-refractivity contribution is -0.128. The van der Waals surface area contributed by atoms with Crippen LogP contribution < -0.4 is 0 Å². The van der Waals surface area contributed by atoms with Gasteiger partial charge in [0.05, 0.1) is 31.3 Å². The summed E-state index contributed by atoms with van der Waals surface area (Å²) in [7, 11) is 0. The number of carbonyl (C=O) groups excluding carboxylic acids is 1. The Kier molecular flexibility index (Phi) is 4.31. The van der Waals surface area contributed by atoms with Crippen molar-refractivity contribution in [2.75, 3.05) is 5.75 Å². The molecule has 0 spiro atoms. The van der Waals surface area contributed by atoms with Crippen molar-refractivity contribution in [2.24, 2.45) is 0 Å². The van der Waals surface area contributed by atoms with Crippen LogP contribution in [0.15, 0.2) is 53.3 Å². The maximum atomic E-state index is 12.2. The average molecular weight is 354 g/mol. The monoisotopic (exact) mass is 354 g/mol. The highest BCUT2D eigenvalue weighted by atomic mass is 32.2. The third-order valence-corrected chi connectivity index (χ3v) is 5.50. The molecule has 1 fully saturated rings. The minimum absolute atomic E-state index is 0.0971. The molecule has 0 bridgehead atoms. The lowest BCUT2D eigenvalue weighted by Gasteiger charge is -2.20. The summed E-state index contributed by atoms with van der Waals surface area (Å²) >= 11 is 1.58. The van der Waals surface area contributed by atoms with Crippen molar-refractivity contribution in [3.63, 3.8) is 0 Å². The highest BCUT2D eigenvalue weighted by Gasteiger charge is 2.35. The first-order chi connectivity index (χ1) is 12.2. The molecule has 0 radical (unpaired) electrons.